The van der Waals surface area contributed by atoms with Crippen molar-refractivity contribution in [2.45, 2.75) is 100 Å². The molecule has 13 rings (SSSR count). The number of rotatable bonds is 12. The molecule has 380 valence electrons. The first-order valence-electron chi connectivity index (χ1n) is 25.6. The molecular formula is C66H50N6S6. The first-order chi connectivity index (χ1) is 38.0. The number of aromatic nitrogens is 6. The number of aromatic amines is 2. The summed E-state index contributed by atoms with van der Waals surface area (Å²) in [6.45, 7) is 12.8. The van der Waals surface area contributed by atoms with E-state index in [9.17, 15) is 0 Å². The average Bonchev–Trinajstić information content (AvgIpc) is 4.34. The quantitative estimate of drug-likeness (QED) is 0.123. The normalized spacial score (nSPS) is 11.8. The minimum Gasteiger partial charge on any atom is -0.324 e. The Balaban J connectivity index is 1.18. The summed E-state index contributed by atoms with van der Waals surface area (Å²) in [5.74, 6) is 1.17. The second-order valence-electron chi connectivity index (χ2n) is 19.7. The number of benzene rings is 9. The smallest absolute Gasteiger partial charge is 0.165 e. The van der Waals surface area contributed by atoms with Crippen LogP contribution in [0, 0.1) is 41.5 Å². The van der Waals surface area contributed by atoms with E-state index < -0.39 is 0 Å². The highest BCUT2D eigenvalue weighted by atomic mass is 32.2. The highest BCUT2D eigenvalue weighted by Gasteiger charge is 2.29. The van der Waals surface area contributed by atoms with Crippen LogP contribution < -0.4 is 0 Å². The Kier molecular flexibility index (Phi) is 13.9. The molecule has 12 aromatic rings. The van der Waals surface area contributed by atoms with Crippen molar-refractivity contribution >= 4 is 115 Å². The van der Waals surface area contributed by atoms with E-state index in [0.29, 0.717) is 34.2 Å². The molecule has 0 saturated carbocycles. The fourth-order valence-electron chi connectivity index (χ4n) is 9.49. The van der Waals surface area contributed by atoms with Crippen molar-refractivity contribution in [1.82, 2.24) is 29.9 Å². The zero-order valence-corrected chi connectivity index (χ0v) is 48.5. The van der Waals surface area contributed by atoms with Gasteiger partial charge in [-0.25, -0.2) is 19.9 Å². The summed E-state index contributed by atoms with van der Waals surface area (Å²) in [7, 11) is 0. The predicted octanol–water partition coefficient (Wildman–Crippen LogP) is 20.1. The summed E-state index contributed by atoms with van der Waals surface area (Å²) in [6.07, 6.45) is 0. The van der Waals surface area contributed by atoms with Crippen LogP contribution >= 0.6 is 70.6 Å². The van der Waals surface area contributed by atoms with Crippen LogP contribution in [0.15, 0.2) is 241 Å². The Bertz CT molecular complexity index is 4070. The van der Waals surface area contributed by atoms with Crippen molar-refractivity contribution in [3.05, 3.63) is 215 Å². The van der Waals surface area contributed by atoms with Crippen LogP contribution in [0.25, 0.3) is 66.9 Å². The molecule has 0 saturated heterocycles. The lowest BCUT2D eigenvalue weighted by atomic mass is 10.1. The highest BCUT2D eigenvalue weighted by Crippen LogP contribution is 2.51. The summed E-state index contributed by atoms with van der Waals surface area (Å²) in [5, 5.41) is 3.92. The lowest BCUT2D eigenvalue weighted by molar-refractivity contribution is 1.20. The Hall–Kier alpha value is -6.90. The van der Waals surface area contributed by atoms with Gasteiger partial charge in [0.05, 0.1) is 0 Å². The van der Waals surface area contributed by atoms with Gasteiger partial charge in [-0.15, -0.1) is 0 Å². The predicted molar refractivity (Wildman–Crippen MR) is 330 cm³/mol. The van der Waals surface area contributed by atoms with Gasteiger partial charge < -0.3 is 9.97 Å². The van der Waals surface area contributed by atoms with E-state index in [1.54, 1.807) is 70.6 Å². The van der Waals surface area contributed by atoms with E-state index in [-0.39, 0.29) is 0 Å². The van der Waals surface area contributed by atoms with Crippen molar-refractivity contribution in [2.75, 3.05) is 0 Å². The maximum Gasteiger partial charge on any atom is 0.165 e. The van der Waals surface area contributed by atoms with Gasteiger partial charge in [-0.05, 0) is 151 Å². The number of H-pyrrole nitrogens is 2. The molecule has 9 aromatic carbocycles. The van der Waals surface area contributed by atoms with Crippen LogP contribution in [0.4, 0.5) is 0 Å². The molecule has 0 atom stereocenters. The van der Waals surface area contributed by atoms with Gasteiger partial charge in [-0.1, -0.05) is 177 Å². The number of hydrogen-bond donors (Lipinski definition) is 2. The van der Waals surface area contributed by atoms with Gasteiger partial charge in [0, 0.05) is 91.4 Å². The molecule has 6 bridgehead atoms. The number of nitrogens with one attached hydrogen (secondary N) is 2. The molecule has 0 unspecified atom stereocenters. The molecule has 3 aromatic heterocycles. The van der Waals surface area contributed by atoms with Gasteiger partial charge in [0.15, 0.2) is 11.6 Å². The van der Waals surface area contributed by atoms with Gasteiger partial charge in [0.2, 0.25) is 0 Å². The number of hydrogen-bond acceptors (Lipinski definition) is 10. The highest BCUT2D eigenvalue weighted by molar-refractivity contribution is 8.01. The molecule has 78 heavy (non-hydrogen) atoms. The minimum atomic E-state index is 0.587. The summed E-state index contributed by atoms with van der Waals surface area (Å²) in [4.78, 5) is 43.8. The minimum absolute atomic E-state index is 0.587. The van der Waals surface area contributed by atoms with Crippen LogP contribution in [0.3, 0.4) is 0 Å². The molecule has 4 heterocycles. The standard InChI is InChI=1S/C66H50N6S6/c1-37-7-19-43(20-8-37)73-49-31-32-50(74-44-21-9-38(2)10-22-44)56-55(49)61-67-62(56)71-64-59-53(77-47-27-15-41(5)16-28-47)35-36-54(78-48-29-17-42(6)18-30-48)60(59)66(69-64)72-65-58-52(76-46-25-13-40(4)14-26-46)34-33-51(57(58)63(68-65)70-61)75-45-23-11-39(3)12-24-45/h7-36H,1-6H3,(H2,67,68,69,70,71,72). The van der Waals surface area contributed by atoms with Gasteiger partial charge in [-0.2, -0.15) is 0 Å². The van der Waals surface area contributed by atoms with Gasteiger partial charge in [0.25, 0.3) is 0 Å². The van der Waals surface area contributed by atoms with Crippen LogP contribution in [0.5, 0.6) is 0 Å². The molecule has 12 heteroatoms. The second-order valence-corrected chi connectivity index (χ2v) is 26.4. The first-order valence-corrected chi connectivity index (χ1v) is 30.5. The van der Waals surface area contributed by atoms with E-state index in [1.807, 2.05) is 0 Å². The van der Waals surface area contributed by atoms with Crippen molar-refractivity contribution in [2.24, 2.45) is 0 Å². The Morgan fingerprint density at radius 1 is 0.231 bits per heavy atom. The van der Waals surface area contributed by atoms with Crippen molar-refractivity contribution in [3.63, 3.8) is 0 Å². The van der Waals surface area contributed by atoms with E-state index in [4.69, 9.17) is 19.9 Å². The third-order valence-electron chi connectivity index (χ3n) is 13.6. The van der Waals surface area contributed by atoms with Crippen LogP contribution in [-0.4, -0.2) is 29.9 Å². The molecule has 0 amide bonds. The maximum atomic E-state index is 5.79. The number of aryl methyl sites for hydroxylation is 6. The molecule has 6 nitrogen and oxygen atoms in total. The van der Waals surface area contributed by atoms with Gasteiger partial charge in [-0.3, -0.25) is 0 Å². The fraction of sp³-hybridized carbons (Fsp3) is 0.0909. The molecule has 0 radical (unpaired) electrons. The zero-order valence-electron chi connectivity index (χ0n) is 43.6. The lowest BCUT2D eigenvalue weighted by Gasteiger charge is -2.13. The van der Waals surface area contributed by atoms with E-state index in [0.717, 1.165) is 91.4 Å². The summed E-state index contributed by atoms with van der Waals surface area (Å²) in [6, 6.07) is 66.0. The van der Waals surface area contributed by atoms with Crippen molar-refractivity contribution in [3.8, 4) is 22.8 Å². The largest absolute Gasteiger partial charge is 0.324 e. The molecule has 0 aliphatic carbocycles. The Morgan fingerprint density at radius 3 is 0.679 bits per heavy atom. The molecular weight excluding hydrogens is 1070 g/mol. The molecule has 1 aliphatic rings. The second kappa shape index (κ2) is 21.4. The third-order valence-corrected chi connectivity index (χ3v) is 20.0. The SMILES string of the molecule is Cc1ccc(Sc2ccc(Sc3ccc(C)cc3)c3c2-c2nc-3nc3[nH]c(nc4[nH]c(n2)c2c(Sc5ccc(C)cc5)ccc(Sc5ccc(C)cc5)c42)c2c(Sc4ccc(C)cc4)ccc(Sc4ccc(C)cc4)c32)cc1. The summed E-state index contributed by atoms with van der Waals surface area (Å²) < 4.78 is 0. The third kappa shape index (κ3) is 10.3. The lowest BCUT2D eigenvalue weighted by Crippen LogP contribution is -1.90. The van der Waals surface area contributed by atoms with Gasteiger partial charge >= 0.3 is 0 Å². The van der Waals surface area contributed by atoms with Crippen LogP contribution in [0.1, 0.15) is 33.4 Å². The molecule has 1 aliphatic heterocycles. The van der Waals surface area contributed by atoms with Gasteiger partial charge in [0.1, 0.15) is 22.6 Å². The number of nitrogens with zero attached hydrogens (tertiary/aromatic N) is 4. The molecule has 2 N–H and O–H groups in total. The Morgan fingerprint density at radius 2 is 0.436 bits per heavy atom. The maximum absolute atomic E-state index is 5.79. The topological polar surface area (TPSA) is 83.1 Å². The Labute approximate surface area is 479 Å². The fourth-order valence-corrected chi connectivity index (χ4v) is 15.3. The molecule has 0 spiro atoms. The van der Waals surface area contributed by atoms with E-state index >= 15 is 0 Å². The average molecular weight is 1120 g/mol. The number of fused-ring (bicyclic) bond motifs is 15. The van der Waals surface area contributed by atoms with Crippen LogP contribution in [-0.2, 0) is 0 Å². The van der Waals surface area contributed by atoms with E-state index in [2.05, 4.69) is 234 Å². The zero-order chi connectivity index (χ0) is 53.0. The summed E-state index contributed by atoms with van der Waals surface area (Å²) in [5.41, 5.74) is 11.9. The molecule has 0 fully saturated rings. The summed E-state index contributed by atoms with van der Waals surface area (Å²) >= 11 is 10.4. The van der Waals surface area contributed by atoms with Crippen LogP contribution in [0.2, 0.25) is 0 Å². The van der Waals surface area contributed by atoms with Crippen molar-refractivity contribution in [1.29, 1.82) is 0 Å². The monoisotopic (exact) mass is 1120 g/mol. The van der Waals surface area contributed by atoms with Crippen molar-refractivity contribution < 1.29 is 0 Å². The van der Waals surface area contributed by atoms with E-state index in [1.165, 1.54) is 33.4 Å². The first kappa shape index (κ1) is 50.6.